The SMILES string of the molecule is COc1cc(-n2nc(C)cc2C)c(N)cc1F. The molecule has 2 rings (SSSR count). The maximum absolute atomic E-state index is 13.4. The minimum Gasteiger partial charge on any atom is -0.494 e. The standard InChI is InChI=1S/C12H14FN3O/c1-7-4-8(2)16(15-7)11-6-12(17-3)9(13)5-10(11)14/h4-6H,14H2,1-3H3. The van der Waals surface area contributed by atoms with Crippen molar-refractivity contribution in [1.82, 2.24) is 9.78 Å². The van der Waals surface area contributed by atoms with E-state index in [1.807, 2.05) is 19.9 Å². The van der Waals surface area contributed by atoms with Gasteiger partial charge < -0.3 is 10.5 Å². The molecule has 17 heavy (non-hydrogen) atoms. The van der Waals surface area contributed by atoms with E-state index in [2.05, 4.69) is 5.10 Å². The molecule has 0 saturated heterocycles. The first-order valence-corrected chi connectivity index (χ1v) is 5.19. The lowest BCUT2D eigenvalue weighted by Crippen LogP contribution is -2.05. The third kappa shape index (κ3) is 1.95. The average Bonchev–Trinajstić information content (AvgIpc) is 2.58. The second-order valence-electron chi connectivity index (χ2n) is 3.88. The highest BCUT2D eigenvalue weighted by Crippen LogP contribution is 2.27. The molecule has 0 saturated carbocycles. The molecular weight excluding hydrogens is 221 g/mol. The van der Waals surface area contributed by atoms with Gasteiger partial charge in [-0.3, -0.25) is 0 Å². The van der Waals surface area contributed by atoms with Crippen LogP contribution in [0.4, 0.5) is 10.1 Å². The van der Waals surface area contributed by atoms with E-state index in [-0.39, 0.29) is 5.75 Å². The highest BCUT2D eigenvalue weighted by molar-refractivity contribution is 5.61. The molecule has 4 nitrogen and oxygen atoms in total. The van der Waals surface area contributed by atoms with Crippen molar-refractivity contribution >= 4 is 5.69 Å². The molecule has 90 valence electrons. The number of benzene rings is 1. The van der Waals surface area contributed by atoms with Gasteiger partial charge in [-0.2, -0.15) is 5.10 Å². The van der Waals surface area contributed by atoms with Crippen LogP contribution in [0, 0.1) is 19.7 Å². The third-order valence-corrected chi connectivity index (χ3v) is 2.54. The number of aryl methyl sites for hydroxylation is 2. The maximum atomic E-state index is 13.4. The van der Waals surface area contributed by atoms with E-state index in [9.17, 15) is 4.39 Å². The van der Waals surface area contributed by atoms with E-state index in [1.54, 1.807) is 10.7 Å². The molecule has 0 radical (unpaired) electrons. The number of nitrogens with zero attached hydrogens (tertiary/aromatic N) is 2. The summed E-state index contributed by atoms with van der Waals surface area (Å²) in [6.07, 6.45) is 0. The summed E-state index contributed by atoms with van der Waals surface area (Å²) in [5.41, 5.74) is 8.56. The fourth-order valence-electron chi connectivity index (χ4n) is 1.77. The van der Waals surface area contributed by atoms with Gasteiger partial charge in [0, 0.05) is 17.8 Å². The predicted octanol–water partition coefficient (Wildman–Crippen LogP) is 2.22. The fraction of sp³-hybridized carbons (Fsp3) is 0.250. The van der Waals surface area contributed by atoms with Crippen molar-refractivity contribution in [2.24, 2.45) is 0 Å². The van der Waals surface area contributed by atoms with Crippen LogP contribution >= 0.6 is 0 Å². The molecule has 0 atom stereocenters. The van der Waals surface area contributed by atoms with Gasteiger partial charge >= 0.3 is 0 Å². The first-order valence-electron chi connectivity index (χ1n) is 5.19. The molecule has 0 fully saturated rings. The van der Waals surface area contributed by atoms with E-state index in [1.165, 1.54) is 13.2 Å². The summed E-state index contributed by atoms with van der Waals surface area (Å²) >= 11 is 0. The molecular formula is C12H14FN3O. The summed E-state index contributed by atoms with van der Waals surface area (Å²) in [4.78, 5) is 0. The first-order chi connectivity index (χ1) is 8.02. The maximum Gasteiger partial charge on any atom is 0.167 e. The Bertz CT molecular complexity index is 563. The number of rotatable bonds is 2. The first kappa shape index (κ1) is 11.4. The smallest absolute Gasteiger partial charge is 0.167 e. The lowest BCUT2D eigenvalue weighted by molar-refractivity contribution is 0.386. The van der Waals surface area contributed by atoms with Crippen molar-refractivity contribution in [2.45, 2.75) is 13.8 Å². The van der Waals surface area contributed by atoms with E-state index in [0.717, 1.165) is 11.4 Å². The fourth-order valence-corrected chi connectivity index (χ4v) is 1.77. The Balaban J connectivity index is 2.63. The van der Waals surface area contributed by atoms with Crippen LogP contribution in [0.25, 0.3) is 5.69 Å². The minimum atomic E-state index is -0.477. The summed E-state index contributed by atoms with van der Waals surface area (Å²) in [5.74, 6) is -0.322. The largest absolute Gasteiger partial charge is 0.494 e. The van der Waals surface area contributed by atoms with Gasteiger partial charge in [-0.25, -0.2) is 9.07 Å². The number of ether oxygens (including phenoxy) is 1. The number of hydrogen-bond donors (Lipinski definition) is 1. The molecule has 2 aromatic rings. The Hall–Kier alpha value is -2.04. The Morgan fingerprint density at radius 1 is 1.29 bits per heavy atom. The zero-order valence-corrected chi connectivity index (χ0v) is 9.99. The Kier molecular flexibility index (Phi) is 2.75. The van der Waals surface area contributed by atoms with Gasteiger partial charge in [-0.1, -0.05) is 0 Å². The molecule has 0 aliphatic carbocycles. The zero-order chi connectivity index (χ0) is 12.6. The molecule has 1 heterocycles. The summed E-state index contributed by atoms with van der Waals surface area (Å²) in [7, 11) is 1.42. The molecule has 0 aliphatic rings. The highest BCUT2D eigenvalue weighted by Gasteiger charge is 2.12. The lowest BCUT2D eigenvalue weighted by atomic mass is 10.2. The van der Waals surface area contributed by atoms with Crippen molar-refractivity contribution in [3.63, 3.8) is 0 Å². The molecule has 5 heteroatoms. The third-order valence-electron chi connectivity index (χ3n) is 2.54. The number of nitrogen functional groups attached to an aromatic ring is 1. The van der Waals surface area contributed by atoms with Gasteiger partial charge in [0.05, 0.1) is 24.2 Å². The quantitative estimate of drug-likeness (QED) is 0.812. The van der Waals surface area contributed by atoms with E-state index in [4.69, 9.17) is 10.5 Å². The van der Waals surface area contributed by atoms with Crippen LogP contribution in [0.5, 0.6) is 5.75 Å². The second kappa shape index (κ2) is 4.08. The summed E-state index contributed by atoms with van der Waals surface area (Å²) < 4.78 is 20.0. The second-order valence-corrected chi connectivity index (χ2v) is 3.88. The summed E-state index contributed by atoms with van der Waals surface area (Å²) in [6, 6.07) is 4.71. The van der Waals surface area contributed by atoms with Crippen LogP contribution in [0.1, 0.15) is 11.4 Å². The molecule has 0 unspecified atom stereocenters. The van der Waals surface area contributed by atoms with Gasteiger partial charge in [0.15, 0.2) is 11.6 Å². The molecule has 2 N–H and O–H groups in total. The van der Waals surface area contributed by atoms with Crippen LogP contribution in [0.3, 0.4) is 0 Å². The molecule has 0 aliphatic heterocycles. The van der Waals surface area contributed by atoms with E-state index < -0.39 is 5.82 Å². The molecule has 1 aromatic heterocycles. The van der Waals surface area contributed by atoms with Crippen molar-refractivity contribution in [1.29, 1.82) is 0 Å². The predicted molar refractivity (Wildman–Crippen MR) is 64.0 cm³/mol. The van der Waals surface area contributed by atoms with Crippen molar-refractivity contribution in [3.8, 4) is 11.4 Å². The van der Waals surface area contributed by atoms with Crippen molar-refractivity contribution in [2.75, 3.05) is 12.8 Å². The van der Waals surface area contributed by atoms with Gasteiger partial charge in [0.1, 0.15) is 0 Å². The van der Waals surface area contributed by atoms with Gasteiger partial charge in [-0.15, -0.1) is 0 Å². The lowest BCUT2D eigenvalue weighted by Gasteiger charge is -2.10. The Labute approximate surface area is 98.8 Å². The summed E-state index contributed by atoms with van der Waals surface area (Å²) in [5, 5.41) is 4.31. The normalized spacial score (nSPS) is 10.6. The average molecular weight is 235 g/mol. The number of halogens is 1. The minimum absolute atomic E-state index is 0.154. The van der Waals surface area contributed by atoms with Crippen molar-refractivity contribution in [3.05, 3.63) is 35.4 Å². The molecule has 0 spiro atoms. The summed E-state index contributed by atoms with van der Waals surface area (Å²) in [6.45, 7) is 3.80. The number of hydrogen-bond acceptors (Lipinski definition) is 3. The number of anilines is 1. The van der Waals surface area contributed by atoms with Crippen LogP contribution in [-0.4, -0.2) is 16.9 Å². The molecule has 0 bridgehead atoms. The van der Waals surface area contributed by atoms with Gasteiger partial charge in [0.2, 0.25) is 0 Å². The van der Waals surface area contributed by atoms with E-state index >= 15 is 0 Å². The number of aromatic nitrogens is 2. The van der Waals surface area contributed by atoms with Gasteiger partial charge in [0.25, 0.3) is 0 Å². The highest BCUT2D eigenvalue weighted by atomic mass is 19.1. The molecule has 0 amide bonds. The van der Waals surface area contributed by atoms with E-state index in [0.29, 0.717) is 11.4 Å². The Morgan fingerprint density at radius 3 is 2.53 bits per heavy atom. The van der Waals surface area contributed by atoms with Crippen LogP contribution in [-0.2, 0) is 0 Å². The van der Waals surface area contributed by atoms with Crippen LogP contribution in [0.15, 0.2) is 18.2 Å². The van der Waals surface area contributed by atoms with Crippen LogP contribution in [0.2, 0.25) is 0 Å². The number of methoxy groups -OCH3 is 1. The monoisotopic (exact) mass is 235 g/mol. The number of nitrogens with two attached hydrogens (primary N) is 1. The topological polar surface area (TPSA) is 53.1 Å². The molecule has 1 aromatic carbocycles. The Morgan fingerprint density at radius 2 is 2.00 bits per heavy atom. The van der Waals surface area contributed by atoms with Crippen molar-refractivity contribution < 1.29 is 9.13 Å². The van der Waals surface area contributed by atoms with Gasteiger partial charge in [-0.05, 0) is 19.9 Å². The zero-order valence-electron chi connectivity index (χ0n) is 9.99. The van der Waals surface area contributed by atoms with Crippen LogP contribution < -0.4 is 10.5 Å².